The predicted octanol–water partition coefficient (Wildman–Crippen LogP) is 3.04. The third-order valence-electron chi connectivity index (χ3n) is 2.93. The van der Waals surface area contributed by atoms with Crippen LogP contribution in [0.2, 0.25) is 0 Å². The average Bonchev–Trinajstić information content (AvgIpc) is 2.19. The Morgan fingerprint density at radius 2 is 1.53 bits per heavy atom. The van der Waals surface area contributed by atoms with Gasteiger partial charge in [0.2, 0.25) is 0 Å². The summed E-state index contributed by atoms with van der Waals surface area (Å²) < 4.78 is 48.9. The highest BCUT2D eigenvalue weighted by molar-refractivity contribution is 5.09. The van der Waals surface area contributed by atoms with Crippen LogP contribution in [-0.4, -0.2) is 23.2 Å². The normalized spacial score (nSPS) is 40.5. The maximum atomic E-state index is 12.9. The standard InChI is InChI=1S/C10H15F3O2/c1-6-8(4)14-7(2,3)9(5,15-8)10(11,12)13/h6H,1H2,2-5H3. The molecule has 88 valence electrons. The van der Waals surface area contributed by atoms with Gasteiger partial charge in [-0.2, -0.15) is 13.2 Å². The predicted molar refractivity (Wildman–Crippen MR) is 49.3 cm³/mol. The molecule has 0 amide bonds. The van der Waals surface area contributed by atoms with Crippen molar-refractivity contribution >= 4 is 0 Å². The van der Waals surface area contributed by atoms with Gasteiger partial charge in [-0.3, -0.25) is 0 Å². The highest BCUT2D eigenvalue weighted by Crippen LogP contribution is 2.52. The van der Waals surface area contributed by atoms with Crippen molar-refractivity contribution < 1.29 is 22.6 Å². The first-order chi connectivity index (χ1) is 6.47. The smallest absolute Gasteiger partial charge is 0.337 e. The zero-order chi connectivity index (χ0) is 12.1. The Morgan fingerprint density at radius 3 is 1.73 bits per heavy atom. The molecule has 15 heavy (non-hydrogen) atoms. The van der Waals surface area contributed by atoms with Crippen LogP contribution < -0.4 is 0 Å². The van der Waals surface area contributed by atoms with E-state index in [-0.39, 0.29) is 0 Å². The number of hydrogen-bond donors (Lipinski definition) is 0. The van der Waals surface area contributed by atoms with Crippen molar-refractivity contribution in [3.8, 4) is 0 Å². The maximum absolute atomic E-state index is 12.9. The van der Waals surface area contributed by atoms with Crippen molar-refractivity contribution in [2.75, 3.05) is 0 Å². The van der Waals surface area contributed by atoms with E-state index in [1.165, 1.54) is 26.8 Å². The van der Waals surface area contributed by atoms with E-state index in [4.69, 9.17) is 9.47 Å². The molecular weight excluding hydrogens is 209 g/mol. The van der Waals surface area contributed by atoms with Crippen LogP contribution in [0.5, 0.6) is 0 Å². The minimum Gasteiger partial charge on any atom is -0.337 e. The Balaban J connectivity index is 3.17. The molecule has 0 spiro atoms. The summed E-state index contributed by atoms with van der Waals surface area (Å²) in [5, 5.41) is 0. The summed E-state index contributed by atoms with van der Waals surface area (Å²) in [4.78, 5) is 0. The lowest BCUT2D eigenvalue weighted by Gasteiger charge is -2.35. The van der Waals surface area contributed by atoms with Crippen LogP contribution in [0.1, 0.15) is 27.7 Å². The van der Waals surface area contributed by atoms with Gasteiger partial charge in [0.05, 0.1) is 0 Å². The number of alkyl halides is 3. The number of ether oxygens (including phenoxy) is 2. The van der Waals surface area contributed by atoms with Crippen LogP contribution >= 0.6 is 0 Å². The van der Waals surface area contributed by atoms with Crippen molar-refractivity contribution in [3.63, 3.8) is 0 Å². The van der Waals surface area contributed by atoms with Crippen LogP contribution in [0.25, 0.3) is 0 Å². The molecule has 0 aromatic carbocycles. The minimum absolute atomic E-state index is 0.988. The fourth-order valence-corrected chi connectivity index (χ4v) is 1.64. The van der Waals surface area contributed by atoms with Crippen LogP contribution in [0, 0.1) is 0 Å². The molecule has 0 bridgehead atoms. The van der Waals surface area contributed by atoms with E-state index in [0.29, 0.717) is 0 Å². The van der Waals surface area contributed by atoms with Crippen LogP contribution in [0.3, 0.4) is 0 Å². The molecule has 1 fully saturated rings. The first-order valence-corrected chi connectivity index (χ1v) is 4.58. The molecular formula is C10H15F3O2. The summed E-state index contributed by atoms with van der Waals surface area (Å²) in [5.74, 6) is -1.40. The zero-order valence-electron chi connectivity index (χ0n) is 9.23. The second-order valence-electron chi connectivity index (χ2n) is 4.47. The highest BCUT2D eigenvalue weighted by Gasteiger charge is 2.69. The molecule has 2 nitrogen and oxygen atoms in total. The lowest BCUT2D eigenvalue weighted by Crippen LogP contribution is -2.55. The lowest BCUT2D eigenvalue weighted by molar-refractivity contribution is -0.282. The molecule has 5 heteroatoms. The molecule has 0 saturated carbocycles. The van der Waals surface area contributed by atoms with E-state index < -0.39 is 23.2 Å². The Morgan fingerprint density at radius 1 is 1.07 bits per heavy atom. The van der Waals surface area contributed by atoms with E-state index in [0.717, 1.165) is 6.92 Å². The molecule has 1 heterocycles. The molecule has 1 saturated heterocycles. The monoisotopic (exact) mass is 224 g/mol. The summed E-state index contributed by atoms with van der Waals surface area (Å²) in [7, 11) is 0. The van der Waals surface area contributed by atoms with E-state index in [1.54, 1.807) is 0 Å². The second kappa shape index (κ2) is 2.98. The Kier molecular flexibility index (Phi) is 2.49. The van der Waals surface area contributed by atoms with Gasteiger partial charge in [0.15, 0.2) is 11.4 Å². The molecule has 2 unspecified atom stereocenters. The third-order valence-corrected chi connectivity index (χ3v) is 2.93. The first-order valence-electron chi connectivity index (χ1n) is 4.58. The quantitative estimate of drug-likeness (QED) is 0.637. The van der Waals surface area contributed by atoms with E-state index in [1.807, 2.05) is 0 Å². The van der Waals surface area contributed by atoms with Crippen molar-refractivity contribution in [2.24, 2.45) is 0 Å². The largest absolute Gasteiger partial charge is 0.420 e. The molecule has 0 radical (unpaired) electrons. The van der Waals surface area contributed by atoms with Gasteiger partial charge in [0.1, 0.15) is 5.60 Å². The van der Waals surface area contributed by atoms with E-state index >= 15 is 0 Å². The second-order valence-corrected chi connectivity index (χ2v) is 4.47. The van der Waals surface area contributed by atoms with Crippen LogP contribution in [-0.2, 0) is 9.47 Å². The molecule has 0 aromatic heterocycles. The molecule has 0 N–H and O–H groups in total. The van der Waals surface area contributed by atoms with Gasteiger partial charge in [-0.05, 0) is 33.8 Å². The first kappa shape index (κ1) is 12.5. The summed E-state index contributed by atoms with van der Waals surface area (Å²) in [6.45, 7) is 8.53. The summed E-state index contributed by atoms with van der Waals surface area (Å²) in [6.07, 6.45) is -3.26. The number of halogens is 3. The maximum Gasteiger partial charge on any atom is 0.420 e. The third kappa shape index (κ3) is 1.67. The van der Waals surface area contributed by atoms with Crippen molar-refractivity contribution in [1.29, 1.82) is 0 Å². The van der Waals surface area contributed by atoms with Gasteiger partial charge in [0, 0.05) is 0 Å². The topological polar surface area (TPSA) is 18.5 Å². The number of rotatable bonds is 1. The molecule has 1 rings (SSSR count). The van der Waals surface area contributed by atoms with Gasteiger partial charge in [-0.1, -0.05) is 6.58 Å². The van der Waals surface area contributed by atoms with E-state index in [2.05, 4.69) is 6.58 Å². The summed E-state index contributed by atoms with van der Waals surface area (Å²) >= 11 is 0. The molecule has 1 aliphatic rings. The van der Waals surface area contributed by atoms with Crippen LogP contribution in [0.4, 0.5) is 13.2 Å². The van der Waals surface area contributed by atoms with Gasteiger partial charge in [-0.25, -0.2) is 0 Å². The SMILES string of the molecule is C=CC1(C)OC(C)(C)C(C)(C(F)(F)F)O1. The Labute approximate surface area is 87.1 Å². The number of hydrogen-bond acceptors (Lipinski definition) is 2. The summed E-state index contributed by atoms with van der Waals surface area (Å²) in [6, 6.07) is 0. The molecule has 2 atom stereocenters. The van der Waals surface area contributed by atoms with Gasteiger partial charge < -0.3 is 9.47 Å². The van der Waals surface area contributed by atoms with Gasteiger partial charge in [0.25, 0.3) is 0 Å². The van der Waals surface area contributed by atoms with Crippen molar-refractivity contribution in [2.45, 2.75) is 50.9 Å². The van der Waals surface area contributed by atoms with Crippen molar-refractivity contribution in [1.82, 2.24) is 0 Å². The summed E-state index contributed by atoms with van der Waals surface area (Å²) in [5.41, 5.74) is -3.78. The minimum atomic E-state index is -4.49. The van der Waals surface area contributed by atoms with Crippen LogP contribution in [0.15, 0.2) is 12.7 Å². The lowest BCUT2D eigenvalue weighted by atomic mass is 9.87. The van der Waals surface area contributed by atoms with Gasteiger partial charge in [-0.15, -0.1) is 0 Å². The highest BCUT2D eigenvalue weighted by atomic mass is 19.4. The average molecular weight is 224 g/mol. The molecule has 0 aromatic rings. The fraction of sp³-hybridized carbons (Fsp3) is 0.800. The molecule has 0 aliphatic carbocycles. The van der Waals surface area contributed by atoms with Crippen molar-refractivity contribution in [3.05, 3.63) is 12.7 Å². The fourth-order valence-electron chi connectivity index (χ4n) is 1.64. The Hall–Kier alpha value is -0.550. The van der Waals surface area contributed by atoms with E-state index in [9.17, 15) is 13.2 Å². The zero-order valence-corrected chi connectivity index (χ0v) is 9.23. The Bertz CT molecular complexity index is 285. The molecule has 1 aliphatic heterocycles. The van der Waals surface area contributed by atoms with Gasteiger partial charge >= 0.3 is 6.18 Å².